The van der Waals surface area contributed by atoms with E-state index in [2.05, 4.69) is 20.4 Å². The number of amides is 1. The van der Waals surface area contributed by atoms with Gasteiger partial charge in [-0.2, -0.15) is 4.98 Å². The van der Waals surface area contributed by atoms with Crippen LogP contribution in [-0.4, -0.2) is 27.6 Å². The molecule has 2 aromatic heterocycles. The lowest BCUT2D eigenvalue weighted by molar-refractivity contribution is -0.126. The van der Waals surface area contributed by atoms with E-state index in [-0.39, 0.29) is 18.4 Å². The van der Waals surface area contributed by atoms with Gasteiger partial charge in [0.25, 0.3) is 0 Å². The number of carbonyl (C=O) groups excluding carboxylic acids is 1. The van der Waals surface area contributed by atoms with E-state index in [4.69, 9.17) is 9.26 Å². The van der Waals surface area contributed by atoms with Crippen LogP contribution in [0.15, 0.2) is 53.2 Å². The number of pyridine rings is 1. The number of nitrogens with one attached hydrogen (secondary N) is 1. The molecule has 0 spiro atoms. The second-order valence-electron chi connectivity index (χ2n) is 5.76. The largest absolute Gasteiger partial charge is 0.492 e. The van der Waals surface area contributed by atoms with Crippen LogP contribution >= 0.6 is 0 Å². The molecule has 1 N–H and O–H groups in total. The molecular formula is C18H16N4O3. The Bertz CT molecular complexity index is 879. The molecule has 3 aromatic rings. The van der Waals surface area contributed by atoms with Crippen LogP contribution in [0.2, 0.25) is 0 Å². The summed E-state index contributed by atoms with van der Waals surface area (Å²) < 4.78 is 10.8. The molecule has 7 nitrogen and oxygen atoms in total. The fourth-order valence-corrected chi connectivity index (χ4v) is 2.73. The highest BCUT2D eigenvalue weighted by molar-refractivity contribution is 5.79. The highest BCUT2D eigenvalue weighted by atomic mass is 16.5. The molecule has 1 aliphatic rings. The molecule has 1 aromatic carbocycles. The highest BCUT2D eigenvalue weighted by Crippen LogP contribution is 2.26. The summed E-state index contributed by atoms with van der Waals surface area (Å²) in [6, 6.07) is 13.2. The lowest BCUT2D eigenvalue weighted by atomic mass is 9.96. The van der Waals surface area contributed by atoms with Gasteiger partial charge in [-0.05, 0) is 30.2 Å². The summed E-state index contributed by atoms with van der Waals surface area (Å²) in [6.45, 7) is 0.544. The summed E-state index contributed by atoms with van der Waals surface area (Å²) in [6.07, 6.45) is 2.32. The van der Waals surface area contributed by atoms with Gasteiger partial charge in [-0.1, -0.05) is 29.4 Å². The number of hydrogen-bond acceptors (Lipinski definition) is 6. The maximum atomic E-state index is 12.4. The van der Waals surface area contributed by atoms with Crippen LogP contribution in [0.3, 0.4) is 0 Å². The smallest absolute Gasteiger partial charge is 0.246 e. The second-order valence-corrected chi connectivity index (χ2v) is 5.76. The van der Waals surface area contributed by atoms with Crippen molar-refractivity contribution >= 4 is 5.91 Å². The van der Waals surface area contributed by atoms with Crippen LogP contribution in [-0.2, 0) is 17.8 Å². The molecule has 0 radical (unpaired) electrons. The van der Waals surface area contributed by atoms with Gasteiger partial charge >= 0.3 is 0 Å². The predicted octanol–water partition coefficient (Wildman–Crippen LogP) is 2.00. The zero-order valence-electron chi connectivity index (χ0n) is 13.4. The van der Waals surface area contributed by atoms with Crippen LogP contribution in [0.25, 0.3) is 11.5 Å². The molecule has 0 fully saturated rings. The van der Waals surface area contributed by atoms with E-state index in [1.165, 1.54) is 0 Å². The van der Waals surface area contributed by atoms with Gasteiger partial charge in [0.05, 0.1) is 12.5 Å². The van der Waals surface area contributed by atoms with Crippen molar-refractivity contribution in [3.8, 4) is 17.3 Å². The Kier molecular flexibility index (Phi) is 4.12. The van der Waals surface area contributed by atoms with Gasteiger partial charge in [0, 0.05) is 6.20 Å². The standard InChI is InChI=1S/C18H16N4O3/c23-18(13-9-12-5-1-2-7-15(12)24-11-13)20-10-16-21-17(22-25-16)14-6-3-4-8-19-14/h1-8,13H,9-11H2,(H,20,23)/t13-/m0/s1. The average molecular weight is 336 g/mol. The number of nitrogens with zero attached hydrogens (tertiary/aromatic N) is 3. The molecule has 1 aliphatic heterocycles. The van der Waals surface area contributed by atoms with E-state index in [9.17, 15) is 4.79 Å². The van der Waals surface area contributed by atoms with Crippen molar-refractivity contribution < 1.29 is 14.1 Å². The monoisotopic (exact) mass is 336 g/mol. The molecule has 3 heterocycles. The van der Waals surface area contributed by atoms with E-state index in [0.717, 1.165) is 11.3 Å². The maximum absolute atomic E-state index is 12.4. The first-order chi connectivity index (χ1) is 12.3. The van der Waals surface area contributed by atoms with Gasteiger partial charge in [-0.25, -0.2) is 0 Å². The molecule has 1 amide bonds. The fraction of sp³-hybridized carbons (Fsp3) is 0.222. The molecule has 0 unspecified atom stereocenters. The van der Waals surface area contributed by atoms with E-state index in [0.29, 0.717) is 30.4 Å². The molecule has 0 bridgehead atoms. The zero-order chi connectivity index (χ0) is 17.1. The SMILES string of the molecule is O=C(NCc1nc(-c2ccccn2)no1)[C@@H]1COc2ccccc2C1. The normalized spacial score (nSPS) is 15.9. The van der Waals surface area contributed by atoms with E-state index >= 15 is 0 Å². The Morgan fingerprint density at radius 1 is 1.20 bits per heavy atom. The maximum Gasteiger partial charge on any atom is 0.246 e. The summed E-state index contributed by atoms with van der Waals surface area (Å²) in [7, 11) is 0. The molecule has 1 atom stereocenters. The third kappa shape index (κ3) is 3.35. The number of ether oxygens (including phenoxy) is 1. The van der Waals surface area contributed by atoms with E-state index in [1.807, 2.05) is 36.4 Å². The molecule has 7 heteroatoms. The number of hydrogen-bond donors (Lipinski definition) is 1. The Labute approximate surface area is 144 Å². The Morgan fingerprint density at radius 2 is 2.08 bits per heavy atom. The first kappa shape index (κ1) is 15.3. The van der Waals surface area contributed by atoms with Crippen LogP contribution in [0.5, 0.6) is 5.75 Å². The van der Waals surface area contributed by atoms with Crippen molar-refractivity contribution in [2.24, 2.45) is 5.92 Å². The van der Waals surface area contributed by atoms with Crippen LogP contribution in [0.1, 0.15) is 11.5 Å². The molecule has 4 rings (SSSR count). The van der Waals surface area contributed by atoms with E-state index in [1.54, 1.807) is 12.3 Å². The van der Waals surface area contributed by atoms with Gasteiger partial charge in [-0.15, -0.1) is 0 Å². The Balaban J connectivity index is 1.36. The average Bonchev–Trinajstić information content (AvgIpc) is 3.15. The molecule has 0 saturated carbocycles. The van der Waals surface area contributed by atoms with Gasteiger partial charge in [0.1, 0.15) is 18.1 Å². The number of rotatable bonds is 4. The van der Waals surface area contributed by atoms with Crippen molar-refractivity contribution in [3.05, 3.63) is 60.1 Å². The molecule has 126 valence electrons. The zero-order valence-corrected chi connectivity index (χ0v) is 13.4. The minimum atomic E-state index is -0.229. The Hall–Kier alpha value is -3.22. The molecule has 25 heavy (non-hydrogen) atoms. The first-order valence-corrected chi connectivity index (χ1v) is 8.02. The quantitative estimate of drug-likeness (QED) is 0.784. The number of fused-ring (bicyclic) bond motifs is 1. The van der Waals surface area contributed by atoms with Crippen molar-refractivity contribution in [2.45, 2.75) is 13.0 Å². The first-order valence-electron chi connectivity index (χ1n) is 8.02. The van der Waals surface area contributed by atoms with Crippen molar-refractivity contribution in [1.82, 2.24) is 20.4 Å². The fourth-order valence-electron chi connectivity index (χ4n) is 2.73. The van der Waals surface area contributed by atoms with Gasteiger partial charge < -0.3 is 14.6 Å². The van der Waals surface area contributed by atoms with Crippen molar-refractivity contribution in [3.63, 3.8) is 0 Å². The molecule has 0 saturated heterocycles. The summed E-state index contributed by atoms with van der Waals surface area (Å²) in [5.41, 5.74) is 1.67. The number of benzene rings is 1. The molecule has 0 aliphatic carbocycles. The number of carbonyl (C=O) groups is 1. The van der Waals surface area contributed by atoms with Crippen LogP contribution in [0, 0.1) is 5.92 Å². The predicted molar refractivity (Wildman–Crippen MR) is 88.5 cm³/mol. The second kappa shape index (κ2) is 6.72. The molecular weight excluding hydrogens is 320 g/mol. The van der Waals surface area contributed by atoms with Crippen molar-refractivity contribution in [2.75, 3.05) is 6.61 Å². The minimum Gasteiger partial charge on any atom is -0.492 e. The summed E-state index contributed by atoms with van der Waals surface area (Å²) in [4.78, 5) is 20.8. The lowest BCUT2D eigenvalue weighted by Gasteiger charge is -2.24. The lowest BCUT2D eigenvalue weighted by Crippen LogP contribution is -2.37. The highest BCUT2D eigenvalue weighted by Gasteiger charge is 2.26. The minimum absolute atomic E-state index is 0.0907. The number of para-hydroxylation sites is 1. The topological polar surface area (TPSA) is 90.1 Å². The summed E-state index contributed by atoms with van der Waals surface area (Å²) >= 11 is 0. The number of aromatic nitrogens is 3. The van der Waals surface area contributed by atoms with Gasteiger partial charge in [0.2, 0.25) is 17.6 Å². The third-order valence-corrected chi connectivity index (χ3v) is 4.03. The van der Waals surface area contributed by atoms with Crippen LogP contribution in [0.4, 0.5) is 0 Å². The van der Waals surface area contributed by atoms with Gasteiger partial charge in [0.15, 0.2) is 0 Å². The summed E-state index contributed by atoms with van der Waals surface area (Å²) in [5, 5.41) is 6.71. The van der Waals surface area contributed by atoms with Gasteiger partial charge in [-0.3, -0.25) is 9.78 Å². The van der Waals surface area contributed by atoms with Crippen molar-refractivity contribution in [1.29, 1.82) is 0 Å². The third-order valence-electron chi connectivity index (χ3n) is 4.03. The summed E-state index contributed by atoms with van der Waals surface area (Å²) in [5.74, 6) is 1.27. The van der Waals surface area contributed by atoms with E-state index < -0.39 is 0 Å². The Morgan fingerprint density at radius 3 is 2.96 bits per heavy atom. The van der Waals surface area contributed by atoms with Crippen LogP contribution < -0.4 is 10.1 Å².